The summed E-state index contributed by atoms with van der Waals surface area (Å²) in [6.07, 6.45) is 4.88. The van der Waals surface area contributed by atoms with E-state index >= 15 is 0 Å². The van der Waals surface area contributed by atoms with E-state index in [9.17, 15) is 9.59 Å². The van der Waals surface area contributed by atoms with Crippen LogP contribution in [0.3, 0.4) is 0 Å². The molecule has 0 bridgehead atoms. The fourth-order valence-electron chi connectivity index (χ4n) is 3.13. The van der Waals surface area contributed by atoms with E-state index in [0.717, 1.165) is 18.5 Å². The van der Waals surface area contributed by atoms with E-state index in [4.69, 9.17) is 0 Å². The first-order valence-corrected chi connectivity index (χ1v) is 7.40. The highest BCUT2D eigenvalue weighted by Crippen LogP contribution is 2.26. The maximum atomic E-state index is 12.2. The van der Waals surface area contributed by atoms with Crippen molar-refractivity contribution in [3.63, 3.8) is 0 Å². The van der Waals surface area contributed by atoms with Crippen LogP contribution in [0.5, 0.6) is 0 Å². The monoisotopic (exact) mass is 272 g/mol. The van der Waals surface area contributed by atoms with Gasteiger partial charge < -0.3 is 10.2 Å². The third kappa shape index (κ3) is 2.69. The smallest absolute Gasteiger partial charge is 0.227 e. The van der Waals surface area contributed by atoms with Crippen LogP contribution in [-0.4, -0.2) is 24.4 Å². The number of rotatable bonds is 3. The molecule has 1 aliphatic carbocycles. The Bertz CT molecular complexity index is 494. The van der Waals surface area contributed by atoms with Gasteiger partial charge in [0, 0.05) is 24.7 Å². The minimum atomic E-state index is -0.205. The summed E-state index contributed by atoms with van der Waals surface area (Å²) in [4.78, 5) is 26.0. The second-order valence-electron chi connectivity index (χ2n) is 5.73. The number of nitrogens with one attached hydrogen (secondary N) is 1. The number of hydrogen-bond donors (Lipinski definition) is 1. The number of carbonyl (C=O) groups is 2. The Balaban J connectivity index is 1.62. The molecule has 20 heavy (non-hydrogen) atoms. The van der Waals surface area contributed by atoms with Gasteiger partial charge in [0.05, 0.1) is 5.92 Å². The van der Waals surface area contributed by atoms with Gasteiger partial charge in [0.15, 0.2) is 0 Å². The predicted octanol–water partition coefficient (Wildman–Crippen LogP) is 2.10. The zero-order valence-electron chi connectivity index (χ0n) is 11.5. The molecule has 2 fully saturated rings. The Hall–Kier alpha value is -1.84. The number of hydrogen-bond acceptors (Lipinski definition) is 2. The Kier molecular flexibility index (Phi) is 3.72. The summed E-state index contributed by atoms with van der Waals surface area (Å²) < 4.78 is 0. The van der Waals surface area contributed by atoms with Gasteiger partial charge in [0.25, 0.3) is 0 Å². The third-order valence-corrected chi connectivity index (χ3v) is 4.27. The summed E-state index contributed by atoms with van der Waals surface area (Å²) in [7, 11) is 0. The van der Waals surface area contributed by atoms with E-state index in [0.29, 0.717) is 19.0 Å². The minimum absolute atomic E-state index is 0.0442. The SMILES string of the molecule is O=C(NC1CCCC1)[C@H]1CC(=O)N(c2ccccc2)C1. The molecule has 1 atom stereocenters. The van der Waals surface area contributed by atoms with E-state index in [-0.39, 0.29) is 17.7 Å². The molecule has 1 aliphatic heterocycles. The average molecular weight is 272 g/mol. The minimum Gasteiger partial charge on any atom is -0.353 e. The summed E-state index contributed by atoms with van der Waals surface area (Å²) in [6.45, 7) is 0.501. The van der Waals surface area contributed by atoms with Gasteiger partial charge in [-0.15, -0.1) is 0 Å². The molecule has 4 nitrogen and oxygen atoms in total. The van der Waals surface area contributed by atoms with Crippen LogP contribution >= 0.6 is 0 Å². The van der Waals surface area contributed by atoms with Crippen molar-refractivity contribution in [1.29, 1.82) is 0 Å². The molecular weight excluding hydrogens is 252 g/mol. The molecular formula is C16H20N2O2. The van der Waals surface area contributed by atoms with Crippen molar-refractivity contribution in [3.05, 3.63) is 30.3 Å². The summed E-state index contributed by atoms with van der Waals surface area (Å²) in [5.41, 5.74) is 0.883. The summed E-state index contributed by atoms with van der Waals surface area (Å²) in [5, 5.41) is 3.10. The number of benzene rings is 1. The average Bonchev–Trinajstić information content (AvgIpc) is 3.09. The first-order valence-electron chi connectivity index (χ1n) is 7.40. The van der Waals surface area contributed by atoms with Crippen molar-refractivity contribution in [2.45, 2.75) is 38.1 Å². The molecule has 1 saturated heterocycles. The van der Waals surface area contributed by atoms with Crippen LogP contribution in [-0.2, 0) is 9.59 Å². The molecule has 2 amide bonds. The Morgan fingerprint density at radius 3 is 2.55 bits per heavy atom. The number of amides is 2. The number of nitrogens with zero attached hydrogens (tertiary/aromatic N) is 1. The fraction of sp³-hybridized carbons (Fsp3) is 0.500. The fourth-order valence-corrected chi connectivity index (χ4v) is 3.13. The van der Waals surface area contributed by atoms with Gasteiger partial charge in [0.2, 0.25) is 11.8 Å². The normalized spacial score (nSPS) is 23.3. The van der Waals surface area contributed by atoms with Gasteiger partial charge in [-0.1, -0.05) is 31.0 Å². The zero-order chi connectivity index (χ0) is 13.9. The molecule has 0 spiro atoms. The maximum Gasteiger partial charge on any atom is 0.227 e. The molecule has 3 rings (SSSR count). The molecule has 1 aromatic carbocycles. The summed E-state index contributed by atoms with van der Waals surface area (Å²) in [5.74, 6) is -0.116. The molecule has 106 valence electrons. The standard InChI is InChI=1S/C16H20N2O2/c19-15-10-12(16(20)17-13-6-4-5-7-13)11-18(15)14-8-2-1-3-9-14/h1-3,8-9,12-13H,4-7,10-11H2,(H,17,20)/t12-/m0/s1. The predicted molar refractivity (Wildman–Crippen MR) is 77.3 cm³/mol. The van der Waals surface area contributed by atoms with Crippen molar-refractivity contribution in [3.8, 4) is 0 Å². The van der Waals surface area contributed by atoms with Crippen molar-refractivity contribution in [2.24, 2.45) is 5.92 Å². The lowest BCUT2D eigenvalue weighted by molar-refractivity contribution is -0.126. The lowest BCUT2D eigenvalue weighted by Gasteiger charge is -2.18. The van der Waals surface area contributed by atoms with E-state index in [2.05, 4.69) is 5.32 Å². The largest absolute Gasteiger partial charge is 0.353 e. The van der Waals surface area contributed by atoms with Crippen molar-refractivity contribution in [2.75, 3.05) is 11.4 Å². The molecule has 1 saturated carbocycles. The number of carbonyl (C=O) groups excluding carboxylic acids is 2. The van der Waals surface area contributed by atoms with Crippen LogP contribution in [0, 0.1) is 5.92 Å². The molecule has 0 aromatic heterocycles. The van der Waals surface area contributed by atoms with Gasteiger partial charge in [-0.05, 0) is 25.0 Å². The van der Waals surface area contributed by atoms with Gasteiger partial charge in [-0.2, -0.15) is 0 Å². The summed E-state index contributed by atoms with van der Waals surface area (Å²) >= 11 is 0. The van der Waals surface area contributed by atoms with Gasteiger partial charge in [-0.25, -0.2) is 0 Å². The second kappa shape index (κ2) is 5.65. The first-order chi connectivity index (χ1) is 9.74. The van der Waals surface area contributed by atoms with E-state index in [1.807, 2.05) is 30.3 Å². The molecule has 0 radical (unpaired) electrons. The van der Waals surface area contributed by atoms with Crippen molar-refractivity contribution < 1.29 is 9.59 Å². The number of anilines is 1. The number of para-hydroxylation sites is 1. The van der Waals surface area contributed by atoms with Crippen LogP contribution in [0.2, 0.25) is 0 Å². The van der Waals surface area contributed by atoms with Crippen molar-refractivity contribution >= 4 is 17.5 Å². The summed E-state index contributed by atoms with van der Waals surface area (Å²) in [6, 6.07) is 9.89. The highest BCUT2D eigenvalue weighted by molar-refractivity contribution is 6.00. The molecule has 0 unspecified atom stereocenters. The highest BCUT2D eigenvalue weighted by Gasteiger charge is 2.35. The van der Waals surface area contributed by atoms with Crippen LogP contribution in [0.15, 0.2) is 30.3 Å². The topological polar surface area (TPSA) is 49.4 Å². The Labute approximate surface area is 119 Å². The van der Waals surface area contributed by atoms with Gasteiger partial charge in [-0.3, -0.25) is 9.59 Å². The van der Waals surface area contributed by atoms with Crippen LogP contribution in [0.1, 0.15) is 32.1 Å². The van der Waals surface area contributed by atoms with E-state index in [1.165, 1.54) is 12.8 Å². The Morgan fingerprint density at radius 2 is 1.85 bits per heavy atom. The van der Waals surface area contributed by atoms with E-state index < -0.39 is 0 Å². The van der Waals surface area contributed by atoms with Crippen LogP contribution < -0.4 is 10.2 Å². The quantitative estimate of drug-likeness (QED) is 0.916. The molecule has 4 heteroatoms. The molecule has 1 heterocycles. The van der Waals surface area contributed by atoms with Gasteiger partial charge in [0.1, 0.15) is 0 Å². The van der Waals surface area contributed by atoms with Crippen LogP contribution in [0.4, 0.5) is 5.69 Å². The van der Waals surface area contributed by atoms with Gasteiger partial charge >= 0.3 is 0 Å². The maximum absolute atomic E-state index is 12.2. The van der Waals surface area contributed by atoms with Crippen molar-refractivity contribution in [1.82, 2.24) is 5.32 Å². The molecule has 1 N–H and O–H groups in total. The zero-order valence-corrected chi connectivity index (χ0v) is 11.5. The second-order valence-corrected chi connectivity index (χ2v) is 5.73. The van der Waals surface area contributed by atoms with E-state index in [1.54, 1.807) is 4.90 Å². The Morgan fingerprint density at radius 1 is 1.15 bits per heavy atom. The third-order valence-electron chi connectivity index (χ3n) is 4.27. The molecule has 1 aromatic rings. The first kappa shape index (κ1) is 13.2. The van der Waals surface area contributed by atoms with Crippen LogP contribution in [0.25, 0.3) is 0 Å². The lowest BCUT2D eigenvalue weighted by atomic mass is 10.1. The molecule has 2 aliphatic rings. The lowest BCUT2D eigenvalue weighted by Crippen LogP contribution is -2.38. The highest BCUT2D eigenvalue weighted by atomic mass is 16.2.